The number of alkyl halides is 4. The molecule has 0 unspecified atom stereocenters. The molecule has 0 aromatic heterocycles. The van der Waals surface area contributed by atoms with Crippen LogP contribution in [0.2, 0.25) is 0 Å². The molecule has 0 fully saturated rings. The van der Waals surface area contributed by atoms with Gasteiger partial charge in [-0.2, -0.15) is 0 Å². The summed E-state index contributed by atoms with van der Waals surface area (Å²) in [5, 5.41) is -0.824. The Morgan fingerprint density at radius 2 is 1.73 bits per heavy atom. The van der Waals surface area contributed by atoms with Crippen LogP contribution in [0.25, 0.3) is 0 Å². The van der Waals surface area contributed by atoms with Gasteiger partial charge in [0.2, 0.25) is 3.79 Å². The van der Waals surface area contributed by atoms with Crippen molar-refractivity contribution in [2.24, 2.45) is 0 Å². The van der Waals surface area contributed by atoms with Crippen molar-refractivity contribution in [3.63, 3.8) is 0 Å². The van der Waals surface area contributed by atoms with Crippen LogP contribution < -0.4 is 0 Å². The van der Waals surface area contributed by atoms with Gasteiger partial charge in [0.15, 0.2) is 5.78 Å². The van der Waals surface area contributed by atoms with E-state index >= 15 is 0 Å². The Balaban J connectivity index is 2.65. The van der Waals surface area contributed by atoms with Crippen molar-refractivity contribution < 1.29 is 4.79 Å². The molecule has 82 valence electrons. The second-order valence-corrected chi connectivity index (χ2v) is 5.90. The lowest BCUT2D eigenvalue weighted by Gasteiger charge is -2.16. The molecule has 1 aromatic carbocycles. The fraction of sp³-hybridized carbons (Fsp3) is 0.300. The van der Waals surface area contributed by atoms with E-state index in [1.807, 2.05) is 6.07 Å². The Hall–Kier alpha value is 0.0500. The molecule has 1 aromatic rings. The number of halogens is 4. The Bertz CT molecular complexity index is 331. The van der Waals surface area contributed by atoms with Gasteiger partial charge in [0.1, 0.15) is 0 Å². The average molecular weight is 286 g/mol. The third-order valence-electron chi connectivity index (χ3n) is 1.82. The normalized spacial score (nSPS) is 13.6. The first kappa shape index (κ1) is 13.1. The number of hydrogen-bond donors (Lipinski definition) is 0. The van der Waals surface area contributed by atoms with E-state index in [9.17, 15) is 4.79 Å². The Labute approximate surface area is 108 Å². The van der Waals surface area contributed by atoms with Gasteiger partial charge in [0.25, 0.3) is 0 Å². The number of Topliss-reactive ketones (excluding diaryl/α,β-unsaturated/α-hetero) is 1. The highest BCUT2D eigenvalue weighted by Crippen LogP contribution is 2.36. The highest BCUT2D eigenvalue weighted by molar-refractivity contribution is 6.70. The molecular weight excluding hydrogens is 278 g/mol. The summed E-state index contributed by atoms with van der Waals surface area (Å²) in [7, 11) is 0. The van der Waals surface area contributed by atoms with Crippen LogP contribution in [0.4, 0.5) is 0 Å². The van der Waals surface area contributed by atoms with Crippen LogP contribution in [-0.2, 0) is 0 Å². The van der Waals surface area contributed by atoms with Crippen LogP contribution in [-0.4, -0.2) is 15.0 Å². The lowest BCUT2D eigenvalue weighted by atomic mass is 10.1. The van der Waals surface area contributed by atoms with E-state index in [0.29, 0.717) is 5.56 Å². The molecule has 0 aliphatic carbocycles. The molecular formula is C10H8Cl4O. The Morgan fingerprint density at radius 3 is 2.20 bits per heavy atom. The van der Waals surface area contributed by atoms with Gasteiger partial charge >= 0.3 is 0 Å². The highest BCUT2D eigenvalue weighted by atomic mass is 35.6. The van der Waals surface area contributed by atoms with E-state index in [1.165, 1.54) is 0 Å². The fourth-order valence-electron chi connectivity index (χ4n) is 1.02. The van der Waals surface area contributed by atoms with Gasteiger partial charge in [-0.1, -0.05) is 65.1 Å². The predicted molar refractivity (Wildman–Crippen MR) is 65.3 cm³/mol. The van der Waals surface area contributed by atoms with E-state index in [4.69, 9.17) is 46.4 Å². The molecule has 1 atom stereocenters. The largest absolute Gasteiger partial charge is 0.294 e. The van der Waals surface area contributed by atoms with Gasteiger partial charge in [-0.25, -0.2) is 0 Å². The number of rotatable bonds is 3. The minimum Gasteiger partial charge on any atom is -0.294 e. The summed E-state index contributed by atoms with van der Waals surface area (Å²) in [5.41, 5.74) is 0.567. The monoisotopic (exact) mass is 284 g/mol. The summed E-state index contributed by atoms with van der Waals surface area (Å²) in [5.74, 6) is -0.137. The zero-order chi connectivity index (χ0) is 11.5. The number of hydrogen-bond acceptors (Lipinski definition) is 1. The number of carbonyl (C=O) groups excluding carboxylic acids is 1. The molecule has 1 nitrogen and oxygen atoms in total. The standard InChI is InChI=1S/C10H8Cl4O/c11-9(10(12,13)14)6-8(15)7-4-2-1-3-5-7/h1-5,9H,6H2/t9-/m0/s1. The van der Waals surface area contributed by atoms with Gasteiger partial charge in [-0.15, -0.1) is 11.6 Å². The Morgan fingerprint density at radius 1 is 1.20 bits per heavy atom. The maximum absolute atomic E-state index is 11.6. The maximum Gasteiger partial charge on any atom is 0.207 e. The van der Waals surface area contributed by atoms with Gasteiger partial charge in [0, 0.05) is 12.0 Å². The van der Waals surface area contributed by atoms with Gasteiger partial charge in [-0.05, 0) is 0 Å². The molecule has 0 radical (unpaired) electrons. The molecule has 0 aliphatic heterocycles. The summed E-state index contributed by atoms with van der Waals surface area (Å²) in [6, 6.07) is 8.76. The highest BCUT2D eigenvalue weighted by Gasteiger charge is 2.32. The van der Waals surface area contributed by atoms with E-state index in [2.05, 4.69) is 0 Å². The van der Waals surface area contributed by atoms with E-state index < -0.39 is 9.17 Å². The van der Waals surface area contributed by atoms with Gasteiger partial charge < -0.3 is 0 Å². The van der Waals surface area contributed by atoms with Crippen molar-refractivity contribution in [1.82, 2.24) is 0 Å². The second kappa shape index (κ2) is 5.40. The number of carbonyl (C=O) groups is 1. The third-order valence-corrected chi connectivity index (χ3v) is 3.42. The molecule has 5 heteroatoms. The van der Waals surface area contributed by atoms with Crippen molar-refractivity contribution in [3.8, 4) is 0 Å². The Kier molecular flexibility index (Phi) is 4.72. The van der Waals surface area contributed by atoms with Crippen LogP contribution in [0.5, 0.6) is 0 Å². The van der Waals surface area contributed by atoms with Crippen molar-refractivity contribution in [3.05, 3.63) is 35.9 Å². The first-order chi connectivity index (χ1) is 6.91. The van der Waals surface area contributed by atoms with E-state index in [0.717, 1.165) is 0 Å². The van der Waals surface area contributed by atoms with E-state index in [1.54, 1.807) is 24.3 Å². The molecule has 0 heterocycles. The second-order valence-electron chi connectivity index (χ2n) is 3.00. The van der Waals surface area contributed by atoms with Crippen LogP contribution in [0, 0.1) is 0 Å². The topological polar surface area (TPSA) is 17.1 Å². The number of ketones is 1. The van der Waals surface area contributed by atoms with Crippen LogP contribution in [0.15, 0.2) is 30.3 Å². The summed E-state index contributed by atoms with van der Waals surface area (Å²) >= 11 is 22.5. The van der Waals surface area contributed by atoms with Crippen molar-refractivity contribution in [2.75, 3.05) is 0 Å². The third kappa shape index (κ3) is 4.20. The minimum absolute atomic E-state index is 0.00205. The molecule has 0 saturated carbocycles. The zero-order valence-corrected chi connectivity index (χ0v) is 10.6. The maximum atomic E-state index is 11.6. The molecule has 0 bridgehead atoms. The molecule has 1 rings (SSSR count). The summed E-state index contributed by atoms with van der Waals surface area (Å²) in [4.78, 5) is 11.6. The quantitative estimate of drug-likeness (QED) is 0.600. The fourth-order valence-corrected chi connectivity index (χ4v) is 1.39. The van der Waals surface area contributed by atoms with Crippen LogP contribution >= 0.6 is 46.4 Å². The lowest BCUT2D eigenvalue weighted by molar-refractivity contribution is 0.0981. The summed E-state index contributed by atoms with van der Waals surface area (Å²) in [6.45, 7) is 0. The van der Waals surface area contributed by atoms with Crippen molar-refractivity contribution in [2.45, 2.75) is 15.6 Å². The molecule has 0 spiro atoms. The van der Waals surface area contributed by atoms with Crippen LogP contribution in [0.3, 0.4) is 0 Å². The lowest BCUT2D eigenvalue weighted by Crippen LogP contribution is -2.22. The summed E-state index contributed by atoms with van der Waals surface area (Å²) in [6.07, 6.45) is 0.00205. The first-order valence-electron chi connectivity index (χ1n) is 4.20. The molecule has 0 aliphatic rings. The smallest absolute Gasteiger partial charge is 0.207 e. The van der Waals surface area contributed by atoms with Crippen LogP contribution in [0.1, 0.15) is 16.8 Å². The molecule has 15 heavy (non-hydrogen) atoms. The average Bonchev–Trinajstić information content (AvgIpc) is 2.17. The predicted octanol–water partition coefficient (Wildman–Crippen LogP) is 4.24. The number of benzene rings is 1. The van der Waals surface area contributed by atoms with Gasteiger partial charge in [-0.3, -0.25) is 4.79 Å². The van der Waals surface area contributed by atoms with Gasteiger partial charge in [0.05, 0.1) is 5.38 Å². The zero-order valence-electron chi connectivity index (χ0n) is 7.59. The minimum atomic E-state index is -1.62. The van der Waals surface area contributed by atoms with Crippen molar-refractivity contribution >= 4 is 52.2 Å². The SMILES string of the molecule is O=C(C[C@H](Cl)C(Cl)(Cl)Cl)c1ccccc1. The molecule has 0 N–H and O–H groups in total. The molecule has 0 amide bonds. The van der Waals surface area contributed by atoms with E-state index in [-0.39, 0.29) is 12.2 Å². The van der Waals surface area contributed by atoms with Crippen molar-refractivity contribution in [1.29, 1.82) is 0 Å². The molecule has 0 saturated heterocycles. The summed E-state index contributed by atoms with van der Waals surface area (Å²) < 4.78 is -1.62. The first-order valence-corrected chi connectivity index (χ1v) is 5.77.